The van der Waals surface area contributed by atoms with Gasteiger partial charge < -0.3 is 30.6 Å². The van der Waals surface area contributed by atoms with Crippen molar-refractivity contribution in [3.05, 3.63) is 223 Å². The van der Waals surface area contributed by atoms with Gasteiger partial charge in [0.1, 0.15) is 34.5 Å². The van der Waals surface area contributed by atoms with Gasteiger partial charge in [0.05, 0.1) is 0 Å². The first-order valence-electron chi connectivity index (χ1n) is 21.0. The third kappa shape index (κ3) is 8.20. The predicted octanol–water partition coefficient (Wildman–Crippen LogP) is 11.7. The molecule has 8 aromatic rings. The molecule has 9 rings (SSSR count). The Morgan fingerprint density at radius 3 is 0.968 bits per heavy atom. The topological polar surface area (TPSA) is 121 Å². The number of phenols is 6. The monoisotopic (exact) mass is 816 g/mol. The molecule has 8 aromatic carbocycles. The summed E-state index contributed by atoms with van der Waals surface area (Å²) in [7, 11) is 0. The van der Waals surface area contributed by atoms with Gasteiger partial charge in [-0.3, -0.25) is 0 Å². The molecule has 1 aliphatic rings. The van der Waals surface area contributed by atoms with Crippen LogP contribution in [0, 0.1) is 13.8 Å². The second kappa shape index (κ2) is 16.5. The van der Waals surface area contributed by atoms with Crippen LogP contribution in [-0.2, 0) is 38.5 Å². The fourth-order valence-electron chi connectivity index (χ4n) is 9.07. The Morgan fingerprint density at radius 2 is 0.597 bits per heavy atom. The zero-order valence-electron chi connectivity index (χ0n) is 34.8. The molecule has 0 atom stereocenters. The number of aryl methyl sites for hydroxylation is 2. The van der Waals surface area contributed by atoms with E-state index in [-0.39, 0.29) is 53.8 Å². The maximum absolute atomic E-state index is 12.1. The SMILES string of the molecule is Cc1cc2cc(c1O)Cc1cc(cc(C)c1O)Cc1ccc(O)c(c1)Cc1cc(-c3ccccc3)cc(c1O)Cc1cc(-c3ccccc3)cc(c1O)Cc1cc(ccc1O)C2. The number of hydrogen-bond donors (Lipinski definition) is 6. The standard InChI is InChI=1S/C56H48O6/c1-33-17-37-19-35-13-15-51(57)43(21-35)29-47-25-41(39-9-5-3-6-10-39)27-49(55(47)61)32-50-28-42(40-11-7-4-8-12-40)26-48(56(50)62)30-44-22-36(14-16-52(44)58)20-38-18-34(2)54(60)46(24-38)31-45(23-37)53(33)59/h3-18,21-28,57-62H,19-20,29-32H2,1-2H3. The van der Waals surface area contributed by atoms with Gasteiger partial charge in [0.2, 0.25) is 0 Å². The van der Waals surface area contributed by atoms with Gasteiger partial charge in [0, 0.05) is 25.7 Å². The molecule has 0 saturated carbocycles. The van der Waals surface area contributed by atoms with E-state index in [0.29, 0.717) is 63.8 Å². The highest BCUT2D eigenvalue weighted by Crippen LogP contribution is 2.40. The molecule has 308 valence electrons. The third-order valence-corrected chi connectivity index (χ3v) is 12.3. The van der Waals surface area contributed by atoms with Crippen molar-refractivity contribution in [1.29, 1.82) is 0 Å². The normalized spacial score (nSPS) is 12.7. The van der Waals surface area contributed by atoms with Crippen LogP contribution < -0.4 is 0 Å². The quantitative estimate of drug-likeness (QED) is 0.103. The van der Waals surface area contributed by atoms with Crippen molar-refractivity contribution in [2.24, 2.45) is 0 Å². The van der Waals surface area contributed by atoms with Crippen molar-refractivity contribution in [3.8, 4) is 56.8 Å². The number of phenolic OH excluding ortho intramolecular Hbond substituents is 6. The van der Waals surface area contributed by atoms with Crippen molar-refractivity contribution in [3.63, 3.8) is 0 Å². The highest BCUT2D eigenvalue weighted by atomic mass is 16.3. The Morgan fingerprint density at radius 1 is 0.274 bits per heavy atom. The fourth-order valence-corrected chi connectivity index (χ4v) is 9.07. The average Bonchev–Trinajstić information content (AvgIpc) is 3.26. The molecule has 0 fully saturated rings. The number of aromatic hydroxyl groups is 6. The Labute approximate surface area is 362 Å². The first-order valence-corrected chi connectivity index (χ1v) is 21.0. The molecule has 1 aliphatic carbocycles. The summed E-state index contributed by atoms with van der Waals surface area (Å²) in [6.07, 6.45) is 2.05. The van der Waals surface area contributed by atoms with E-state index >= 15 is 0 Å². The van der Waals surface area contributed by atoms with Crippen LogP contribution in [0.3, 0.4) is 0 Å². The summed E-state index contributed by atoms with van der Waals surface area (Å²) in [5, 5.41) is 69.5. The first kappa shape index (κ1) is 40.0. The minimum Gasteiger partial charge on any atom is -0.508 e. The highest BCUT2D eigenvalue weighted by Gasteiger charge is 2.20. The van der Waals surface area contributed by atoms with Gasteiger partial charge in [-0.15, -0.1) is 0 Å². The van der Waals surface area contributed by atoms with E-state index in [1.54, 1.807) is 12.1 Å². The number of benzene rings is 8. The molecule has 0 aliphatic heterocycles. The van der Waals surface area contributed by atoms with E-state index < -0.39 is 0 Å². The fraction of sp³-hybridized carbons (Fsp3) is 0.143. The lowest BCUT2D eigenvalue weighted by Gasteiger charge is -2.18. The molecule has 0 saturated heterocycles. The van der Waals surface area contributed by atoms with Crippen LogP contribution in [-0.4, -0.2) is 30.6 Å². The van der Waals surface area contributed by atoms with E-state index in [2.05, 4.69) is 0 Å². The van der Waals surface area contributed by atoms with E-state index in [9.17, 15) is 30.6 Å². The van der Waals surface area contributed by atoms with Crippen LogP contribution in [0.5, 0.6) is 34.5 Å². The van der Waals surface area contributed by atoms with Crippen LogP contribution in [0.2, 0.25) is 0 Å². The lowest BCUT2D eigenvalue weighted by Crippen LogP contribution is -2.01. The zero-order chi connectivity index (χ0) is 43.1. The van der Waals surface area contributed by atoms with Crippen molar-refractivity contribution >= 4 is 0 Å². The molecule has 0 radical (unpaired) electrons. The molecular formula is C56H48O6. The maximum atomic E-state index is 12.1. The van der Waals surface area contributed by atoms with E-state index in [4.69, 9.17) is 0 Å². The van der Waals surface area contributed by atoms with Gasteiger partial charge in [-0.25, -0.2) is 0 Å². The second-order valence-electron chi connectivity index (χ2n) is 16.8. The summed E-state index contributed by atoms with van der Waals surface area (Å²) in [6.45, 7) is 3.75. The Kier molecular flexibility index (Phi) is 10.7. The summed E-state index contributed by atoms with van der Waals surface area (Å²) in [4.78, 5) is 0. The molecule has 6 heteroatoms. The largest absolute Gasteiger partial charge is 0.508 e. The van der Waals surface area contributed by atoms with E-state index in [0.717, 1.165) is 55.6 Å². The van der Waals surface area contributed by atoms with Crippen molar-refractivity contribution in [2.75, 3.05) is 0 Å². The summed E-state index contributed by atoms with van der Waals surface area (Å²) in [5.74, 6) is 0.750. The molecular weight excluding hydrogens is 769 g/mol. The molecule has 0 aromatic heterocycles. The zero-order valence-corrected chi connectivity index (χ0v) is 34.8. The average molecular weight is 817 g/mol. The number of fused-ring (bicyclic) bond motifs is 12. The van der Waals surface area contributed by atoms with Gasteiger partial charge in [-0.05, 0) is 163 Å². The molecule has 0 heterocycles. The molecule has 0 unspecified atom stereocenters. The van der Waals surface area contributed by atoms with Crippen LogP contribution in [0.15, 0.2) is 146 Å². The molecule has 12 bridgehead atoms. The third-order valence-electron chi connectivity index (χ3n) is 12.3. The van der Waals surface area contributed by atoms with Crippen LogP contribution in [0.25, 0.3) is 22.3 Å². The Bertz CT molecular complexity index is 2790. The number of hydrogen-bond acceptors (Lipinski definition) is 6. The van der Waals surface area contributed by atoms with Gasteiger partial charge in [0.25, 0.3) is 0 Å². The minimum atomic E-state index is 0.0841. The summed E-state index contributed by atoms with van der Waals surface area (Å²) < 4.78 is 0. The molecule has 62 heavy (non-hydrogen) atoms. The van der Waals surface area contributed by atoms with Crippen LogP contribution in [0.1, 0.15) is 77.9 Å². The Hall–Kier alpha value is -7.44. The molecule has 6 N–H and O–H groups in total. The number of rotatable bonds is 2. The van der Waals surface area contributed by atoms with Crippen LogP contribution >= 0.6 is 0 Å². The minimum absolute atomic E-state index is 0.0841. The van der Waals surface area contributed by atoms with E-state index in [1.165, 1.54) is 0 Å². The van der Waals surface area contributed by atoms with Gasteiger partial charge in [-0.2, -0.15) is 0 Å². The lowest BCUT2D eigenvalue weighted by atomic mass is 9.88. The molecule has 0 spiro atoms. The van der Waals surface area contributed by atoms with E-state index in [1.807, 2.05) is 147 Å². The molecule has 0 amide bonds. The summed E-state index contributed by atoms with van der Waals surface area (Å²) in [6, 6.07) is 46.8. The second-order valence-corrected chi connectivity index (χ2v) is 16.8. The summed E-state index contributed by atoms with van der Waals surface area (Å²) in [5.41, 5.74) is 14.2. The molecule has 6 nitrogen and oxygen atoms in total. The maximum Gasteiger partial charge on any atom is 0.122 e. The Balaban J connectivity index is 1.24. The predicted molar refractivity (Wildman–Crippen MR) is 246 cm³/mol. The van der Waals surface area contributed by atoms with Gasteiger partial charge >= 0.3 is 0 Å². The first-order chi connectivity index (χ1) is 29.9. The van der Waals surface area contributed by atoms with Crippen LogP contribution in [0.4, 0.5) is 0 Å². The lowest BCUT2D eigenvalue weighted by molar-refractivity contribution is 0.454. The van der Waals surface area contributed by atoms with Gasteiger partial charge in [0.15, 0.2) is 0 Å². The van der Waals surface area contributed by atoms with Crippen molar-refractivity contribution < 1.29 is 30.6 Å². The highest BCUT2D eigenvalue weighted by molar-refractivity contribution is 5.71. The smallest absolute Gasteiger partial charge is 0.122 e. The van der Waals surface area contributed by atoms with Crippen molar-refractivity contribution in [2.45, 2.75) is 52.4 Å². The van der Waals surface area contributed by atoms with Crippen molar-refractivity contribution in [1.82, 2.24) is 0 Å². The summed E-state index contributed by atoms with van der Waals surface area (Å²) >= 11 is 0. The van der Waals surface area contributed by atoms with Gasteiger partial charge in [-0.1, -0.05) is 109 Å².